The van der Waals surface area contributed by atoms with Crippen molar-refractivity contribution < 1.29 is 26.3 Å². The van der Waals surface area contributed by atoms with Gasteiger partial charge in [0.25, 0.3) is 0 Å². The van der Waals surface area contributed by atoms with Crippen molar-refractivity contribution in [1.82, 2.24) is 14.1 Å². The van der Waals surface area contributed by atoms with E-state index in [-0.39, 0.29) is 44.5 Å². The monoisotopic (exact) mass is 528 g/mol. The average molecular weight is 529 g/mol. The van der Waals surface area contributed by atoms with Crippen LogP contribution < -0.4 is 15.2 Å². The SMILES string of the molecule is CC(C)S(=O)(=O)N1CCN(c2cnn(-c3ccccc3)c(=O)c2OC2CCC(C(F)(F)F)CC2)CC1. The Labute approximate surface area is 208 Å². The minimum Gasteiger partial charge on any atom is -0.483 e. The largest absolute Gasteiger partial charge is 0.483 e. The van der Waals surface area contributed by atoms with Crippen molar-refractivity contribution in [2.75, 3.05) is 31.1 Å². The quantitative estimate of drug-likeness (QED) is 0.570. The fourth-order valence-electron chi connectivity index (χ4n) is 4.67. The van der Waals surface area contributed by atoms with E-state index in [4.69, 9.17) is 4.74 Å². The molecule has 36 heavy (non-hydrogen) atoms. The van der Waals surface area contributed by atoms with Crippen LogP contribution in [0.1, 0.15) is 39.5 Å². The highest BCUT2D eigenvalue weighted by Gasteiger charge is 2.42. The van der Waals surface area contributed by atoms with E-state index in [0.717, 1.165) is 0 Å². The van der Waals surface area contributed by atoms with Gasteiger partial charge in [-0.25, -0.2) is 8.42 Å². The third kappa shape index (κ3) is 5.54. The van der Waals surface area contributed by atoms with Gasteiger partial charge in [0.05, 0.1) is 29.2 Å². The molecule has 0 N–H and O–H groups in total. The topological polar surface area (TPSA) is 84.7 Å². The lowest BCUT2D eigenvalue weighted by Crippen LogP contribution is -2.50. The highest BCUT2D eigenvalue weighted by molar-refractivity contribution is 7.89. The summed E-state index contributed by atoms with van der Waals surface area (Å²) in [7, 11) is -3.40. The molecule has 0 bridgehead atoms. The number of hydrogen-bond acceptors (Lipinski definition) is 6. The van der Waals surface area contributed by atoms with Crippen molar-refractivity contribution in [3.8, 4) is 11.4 Å². The Morgan fingerprint density at radius 1 is 1.00 bits per heavy atom. The zero-order chi connectivity index (χ0) is 26.1. The fourth-order valence-corrected chi connectivity index (χ4v) is 5.94. The van der Waals surface area contributed by atoms with Gasteiger partial charge in [-0.2, -0.15) is 27.3 Å². The second-order valence-electron chi connectivity index (χ2n) is 9.52. The number of anilines is 1. The van der Waals surface area contributed by atoms with Crippen molar-refractivity contribution in [3.63, 3.8) is 0 Å². The van der Waals surface area contributed by atoms with Gasteiger partial charge in [-0.1, -0.05) is 18.2 Å². The second-order valence-corrected chi connectivity index (χ2v) is 12.0. The number of ether oxygens (including phenoxy) is 1. The standard InChI is InChI=1S/C24H31F3N4O4S/c1-17(2)36(33,34)30-14-12-29(13-15-30)21-16-28-31(19-6-4-3-5-7-19)23(32)22(21)35-20-10-8-18(9-11-20)24(25,26)27/h3-7,16-18,20H,8-15H2,1-2H3. The van der Waals surface area contributed by atoms with Gasteiger partial charge < -0.3 is 9.64 Å². The second kappa shape index (κ2) is 10.4. The maximum Gasteiger partial charge on any atom is 0.391 e. The van der Waals surface area contributed by atoms with Gasteiger partial charge in [-0.3, -0.25) is 4.79 Å². The van der Waals surface area contributed by atoms with E-state index >= 15 is 0 Å². The van der Waals surface area contributed by atoms with E-state index in [1.54, 1.807) is 38.1 Å². The molecule has 1 aliphatic carbocycles. The molecule has 0 radical (unpaired) electrons. The molecule has 0 atom stereocenters. The number of sulfonamides is 1. The molecule has 2 aliphatic rings. The van der Waals surface area contributed by atoms with E-state index < -0.39 is 39.0 Å². The van der Waals surface area contributed by atoms with Crippen LogP contribution in [0.25, 0.3) is 5.69 Å². The van der Waals surface area contributed by atoms with Crippen molar-refractivity contribution in [1.29, 1.82) is 0 Å². The zero-order valence-electron chi connectivity index (χ0n) is 20.3. The number of rotatable bonds is 6. The molecule has 2 fully saturated rings. The Hall–Kier alpha value is -2.60. The number of benzene rings is 1. The smallest absolute Gasteiger partial charge is 0.391 e. The van der Waals surface area contributed by atoms with Gasteiger partial charge in [-0.05, 0) is 51.7 Å². The first kappa shape index (κ1) is 26.5. The highest BCUT2D eigenvalue weighted by atomic mass is 32.2. The summed E-state index contributed by atoms with van der Waals surface area (Å²) < 4.78 is 73.2. The van der Waals surface area contributed by atoms with Crippen molar-refractivity contribution in [3.05, 3.63) is 46.9 Å². The molecule has 2 aromatic rings. The zero-order valence-corrected chi connectivity index (χ0v) is 21.1. The Kier molecular flexibility index (Phi) is 7.65. The average Bonchev–Trinajstić information content (AvgIpc) is 2.85. The van der Waals surface area contributed by atoms with Gasteiger partial charge in [-0.15, -0.1) is 0 Å². The van der Waals surface area contributed by atoms with Gasteiger partial charge in [0, 0.05) is 26.2 Å². The number of alkyl halides is 3. The summed E-state index contributed by atoms with van der Waals surface area (Å²) in [5.41, 5.74) is 0.452. The molecule has 0 spiro atoms. The lowest BCUT2D eigenvalue weighted by atomic mass is 9.87. The first-order valence-corrected chi connectivity index (χ1v) is 13.6. The summed E-state index contributed by atoms with van der Waals surface area (Å²) in [4.78, 5) is 15.4. The molecular formula is C24H31F3N4O4S. The van der Waals surface area contributed by atoms with Crippen LogP contribution in [0.4, 0.5) is 18.9 Å². The molecule has 198 valence electrons. The molecule has 0 unspecified atom stereocenters. The van der Waals surface area contributed by atoms with Crippen LogP contribution in [0.3, 0.4) is 0 Å². The van der Waals surface area contributed by atoms with Crippen molar-refractivity contribution in [2.45, 2.75) is 57.1 Å². The maximum atomic E-state index is 13.5. The van der Waals surface area contributed by atoms with E-state index in [0.29, 0.717) is 24.5 Å². The Morgan fingerprint density at radius 2 is 1.61 bits per heavy atom. The number of halogens is 3. The van der Waals surface area contributed by atoms with E-state index in [1.807, 2.05) is 11.0 Å². The molecule has 1 aromatic carbocycles. The molecule has 12 heteroatoms. The highest BCUT2D eigenvalue weighted by Crippen LogP contribution is 2.39. The van der Waals surface area contributed by atoms with Gasteiger partial charge in [0.15, 0.2) is 0 Å². The fraction of sp³-hybridized carbons (Fsp3) is 0.583. The molecule has 1 aromatic heterocycles. The number of piperazine rings is 1. The van der Waals surface area contributed by atoms with Gasteiger partial charge in [0.2, 0.25) is 15.8 Å². The normalized spacial score (nSPS) is 22.1. The third-order valence-corrected chi connectivity index (χ3v) is 9.15. The lowest BCUT2D eigenvalue weighted by Gasteiger charge is -2.37. The number of aromatic nitrogens is 2. The summed E-state index contributed by atoms with van der Waals surface area (Å²) in [6.45, 7) is 4.43. The van der Waals surface area contributed by atoms with Crippen LogP contribution in [0.5, 0.6) is 5.75 Å². The lowest BCUT2D eigenvalue weighted by molar-refractivity contribution is -0.185. The number of nitrogens with zero attached hydrogens (tertiary/aromatic N) is 4. The Balaban J connectivity index is 1.60. The van der Waals surface area contributed by atoms with Gasteiger partial charge >= 0.3 is 11.7 Å². The van der Waals surface area contributed by atoms with Crippen LogP contribution in [-0.2, 0) is 10.0 Å². The summed E-state index contributed by atoms with van der Waals surface area (Å²) in [6.07, 6.45) is -2.96. The molecule has 0 amide bonds. The van der Waals surface area contributed by atoms with Crippen LogP contribution in [0.2, 0.25) is 0 Å². The van der Waals surface area contributed by atoms with E-state index in [2.05, 4.69) is 5.10 Å². The van der Waals surface area contributed by atoms with E-state index in [9.17, 15) is 26.4 Å². The van der Waals surface area contributed by atoms with Crippen LogP contribution >= 0.6 is 0 Å². The van der Waals surface area contributed by atoms with Crippen molar-refractivity contribution >= 4 is 15.7 Å². The molecule has 1 aliphatic heterocycles. The molecule has 4 rings (SSSR count). The summed E-state index contributed by atoms with van der Waals surface area (Å²) in [5, 5.41) is 3.78. The van der Waals surface area contributed by atoms with Gasteiger partial charge in [0.1, 0.15) is 5.69 Å². The maximum absolute atomic E-state index is 13.5. The molecular weight excluding hydrogens is 497 g/mol. The minimum absolute atomic E-state index is 0.0319. The Bertz CT molecular complexity index is 1200. The molecule has 1 saturated heterocycles. The van der Waals surface area contributed by atoms with Crippen LogP contribution in [0.15, 0.2) is 41.3 Å². The first-order valence-electron chi connectivity index (χ1n) is 12.1. The summed E-state index contributed by atoms with van der Waals surface area (Å²) in [5.74, 6) is -1.32. The summed E-state index contributed by atoms with van der Waals surface area (Å²) in [6, 6.07) is 8.80. The van der Waals surface area contributed by atoms with Crippen molar-refractivity contribution in [2.24, 2.45) is 5.92 Å². The van der Waals surface area contributed by atoms with Crippen LogP contribution in [0, 0.1) is 5.92 Å². The predicted octanol–water partition coefficient (Wildman–Crippen LogP) is 3.59. The van der Waals surface area contributed by atoms with E-state index in [1.165, 1.54) is 15.2 Å². The third-order valence-electron chi connectivity index (χ3n) is 6.87. The Morgan fingerprint density at radius 3 is 2.17 bits per heavy atom. The number of hydrogen-bond donors (Lipinski definition) is 0. The molecule has 8 nitrogen and oxygen atoms in total. The first-order chi connectivity index (χ1) is 17.0. The summed E-state index contributed by atoms with van der Waals surface area (Å²) >= 11 is 0. The van der Waals surface area contributed by atoms with Crippen LogP contribution in [-0.4, -0.2) is 66.2 Å². The number of para-hydroxylation sites is 1. The molecule has 2 heterocycles. The predicted molar refractivity (Wildman–Crippen MR) is 130 cm³/mol. The minimum atomic E-state index is -4.23. The molecule has 1 saturated carbocycles.